The first kappa shape index (κ1) is 21.4. The molecule has 0 radical (unpaired) electrons. The van der Waals surface area contributed by atoms with E-state index in [1.807, 2.05) is 31.2 Å². The molecule has 5 nitrogen and oxygen atoms in total. The van der Waals surface area contributed by atoms with E-state index in [9.17, 15) is 9.59 Å². The zero-order chi connectivity index (χ0) is 22.1. The summed E-state index contributed by atoms with van der Waals surface area (Å²) in [4.78, 5) is 25.6. The lowest BCUT2D eigenvalue weighted by Crippen LogP contribution is -2.18. The maximum absolute atomic E-state index is 12.5. The summed E-state index contributed by atoms with van der Waals surface area (Å²) in [6.07, 6.45) is 5.72. The number of furan rings is 1. The third-order valence-electron chi connectivity index (χ3n) is 5.48. The van der Waals surface area contributed by atoms with Crippen molar-refractivity contribution in [3.05, 3.63) is 68.8 Å². The number of primary amides is 1. The van der Waals surface area contributed by atoms with Gasteiger partial charge in [-0.2, -0.15) is 0 Å². The number of hydrogen-bond donors (Lipinski definition) is 2. The smallest absolute Gasteiger partial charge is 0.251 e. The summed E-state index contributed by atoms with van der Waals surface area (Å²) in [7, 11) is 0. The van der Waals surface area contributed by atoms with E-state index in [0.29, 0.717) is 33.0 Å². The molecule has 0 spiro atoms. The van der Waals surface area contributed by atoms with Crippen molar-refractivity contribution in [2.24, 2.45) is 11.7 Å². The summed E-state index contributed by atoms with van der Waals surface area (Å²) in [6, 6.07) is 9.33. The third kappa shape index (κ3) is 4.60. The predicted molar refractivity (Wildman–Crippen MR) is 126 cm³/mol. The van der Waals surface area contributed by atoms with E-state index in [1.54, 1.807) is 12.1 Å². The summed E-state index contributed by atoms with van der Waals surface area (Å²) < 4.78 is 5.81. The Hall–Kier alpha value is -2.83. The Bertz CT molecular complexity index is 1190. The number of carbonyl (C=O) groups is 2. The van der Waals surface area contributed by atoms with Gasteiger partial charge in [-0.15, -0.1) is 11.3 Å². The van der Waals surface area contributed by atoms with Crippen LogP contribution in [0.4, 0.5) is 5.00 Å². The van der Waals surface area contributed by atoms with Crippen molar-refractivity contribution in [1.82, 2.24) is 0 Å². The fraction of sp³-hybridized carbons (Fsp3) is 0.250. The number of carbonyl (C=O) groups excluding carboxylic acids is 2. The zero-order valence-electron chi connectivity index (χ0n) is 17.3. The molecule has 31 heavy (non-hydrogen) atoms. The van der Waals surface area contributed by atoms with Crippen LogP contribution in [0.15, 0.2) is 40.8 Å². The molecule has 0 bridgehead atoms. The Balaban J connectivity index is 1.49. The van der Waals surface area contributed by atoms with Gasteiger partial charge in [-0.1, -0.05) is 30.7 Å². The highest BCUT2D eigenvalue weighted by atomic mass is 35.5. The van der Waals surface area contributed by atoms with Crippen molar-refractivity contribution in [2.75, 3.05) is 5.32 Å². The maximum Gasteiger partial charge on any atom is 0.251 e. The number of hydrogen-bond acceptors (Lipinski definition) is 4. The number of amides is 2. The van der Waals surface area contributed by atoms with Gasteiger partial charge in [0.1, 0.15) is 16.5 Å². The molecule has 1 aliphatic carbocycles. The van der Waals surface area contributed by atoms with Gasteiger partial charge in [0.25, 0.3) is 5.91 Å². The molecule has 2 heterocycles. The first-order valence-corrected chi connectivity index (χ1v) is 11.3. The zero-order valence-corrected chi connectivity index (χ0v) is 18.9. The summed E-state index contributed by atoms with van der Waals surface area (Å²) >= 11 is 7.64. The minimum absolute atomic E-state index is 0.342. The highest BCUT2D eigenvalue weighted by molar-refractivity contribution is 7.17. The number of halogens is 1. The molecule has 0 aliphatic heterocycles. The highest BCUT2D eigenvalue weighted by Crippen LogP contribution is 2.39. The molecule has 0 fully saturated rings. The summed E-state index contributed by atoms with van der Waals surface area (Å²) in [5.41, 5.74) is 8.91. The van der Waals surface area contributed by atoms with Crippen molar-refractivity contribution in [1.29, 1.82) is 0 Å². The molecule has 1 aromatic carbocycles. The molecule has 1 atom stereocenters. The normalized spacial score (nSPS) is 15.8. The Kier molecular flexibility index (Phi) is 6.03. The van der Waals surface area contributed by atoms with Crippen LogP contribution in [0.1, 0.15) is 45.5 Å². The summed E-state index contributed by atoms with van der Waals surface area (Å²) in [5.74, 6) is 0.922. The second kappa shape index (κ2) is 8.73. The third-order valence-corrected chi connectivity index (χ3v) is 7.05. The summed E-state index contributed by atoms with van der Waals surface area (Å²) in [5, 5.41) is 4.01. The van der Waals surface area contributed by atoms with Crippen molar-refractivity contribution < 1.29 is 14.0 Å². The number of benzene rings is 1. The molecule has 1 aliphatic rings. The topological polar surface area (TPSA) is 85.3 Å². The Morgan fingerprint density at radius 1 is 1.29 bits per heavy atom. The Morgan fingerprint density at radius 3 is 2.84 bits per heavy atom. The number of anilines is 1. The number of fused-ring (bicyclic) bond motifs is 1. The van der Waals surface area contributed by atoms with Crippen molar-refractivity contribution in [2.45, 2.75) is 33.1 Å². The van der Waals surface area contributed by atoms with Crippen LogP contribution in [0.5, 0.6) is 0 Å². The van der Waals surface area contributed by atoms with E-state index in [2.05, 4.69) is 12.2 Å². The lowest BCUT2D eigenvalue weighted by atomic mass is 9.88. The minimum atomic E-state index is -0.501. The second-order valence-electron chi connectivity index (χ2n) is 7.91. The fourth-order valence-electron chi connectivity index (χ4n) is 3.75. The number of nitrogens with one attached hydrogen (secondary N) is 1. The van der Waals surface area contributed by atoms with E-state index in [0.717, 1.165) is 40.8 Å². The van der Waals surface area contributed by atoms with Crippen LogP contribution < -0.4 is 11.1 Å². The quantitative estimate of drug-likeness (QED) is 0.474. The second-order valence-corrected chi connectivity index (χ2v) is 9.42. The SMILES string of the molecule is Cc1ccc(-c2ccc(/C=C/C(=O)Nc3sc4c(c3C(N)=O)CCC(C)C4)o2)cc1Cl. The molecular formula is C24H23ClN2O3S. The van der Waals surface area contributed by atoms with Crippen LogP contribution in [-0.4, -0.2) is 11.8 Å². The molecule has 4 rings (SSSR count). The molecule has 0 saturated carbocycles. The average molecular weight is 455 g/mol. The lowest BCUT2D eigenvalue weighted by molar-refractivity contribution is -0.111. The minimum Gasteiger partial charge on any atom is -0.457 e. The van der Waals surface area contributed by atoms with E-state index < -0.39 is 5.91 Å². The molecule has 160 valence electrons. The van der Waals surface area contributed by atoms with Gasteiger partial charge in [0.2, 0.25) is 5.91 Å². The van der Waals surface area contributed by atoms with Gasteiger partial charge in [0, 0.05) is 21.5 Å². The monoisotopic (exact) mass is 454 g/mol. The first-order chi connectivity index (χ1) is 14.8. The van der Waals surface area contributed by atoms with Gasteiger partial charge in [-0.05, 0) is 67.5 Å². The standard InChI is InChI=1S/C24H23ClN2O3S/c1-13-3-8-17-20(11-13)31-24(22(17)23(26)29)27-21(28)10-7-16-6-9-19(30-16)15-5-4-14(2)18(25)12-15/h4-7,9-10,12-13H,3,8,11H2,1-2H3,(H2,26,29)(H,27,28)/b10-7+. The largest absolute Gasteiger partial charge is 0.457 e. The van der Waals surface area contributed by atoms with Gasteiger partial charge in [-0.25, -0.2) is 0 Å². The average Bonchev–Trinajstić information content (AvgIpc) is 3.32. The van der Waals surface area contributed by atoms with E-state index in [1.165, 1.54) is 17.4 Å². The molecule has 0 saturated heterocycles. The van der Waals surface area contributed by atoms with Crippen molar-refractivity contribution >= 4 is 45.8 Å². The van der Waals surface area contributed by atoms with Crippen LogP contribution in [0.2, 0.25) is 5.02 Å². The molecule has 1 unspecified atom stereocenters. The highest BCUT2D eigenvalue weighted by Gasteiger charge is 2.26. The van der Waals surface area contributed by atoms with Crippen molar-refractivity contribution in [3.8, 4) is 11.3 Å². The molecule has 2 aromatic heterocycles. The van der Waals surface area contributed by atoms with Gasteiger partial charge in [-0.3, -0.25) is 9.59 Å². The predicted octanol–water partition coefficient (Wildman–Crippen LogP) is 5.85. The maximum atomic E-state index is 12.5. The van der Waals surface area contributed by atoms with Crippen LogP contribution in [0.3, 0.4) is 0 Å². The van der Waals surface area contributed by atoms with Crippen LogP contribution >= 0.6 is 22.9 Å². The number of nitrogens with two attached hydrogens (primary N) is 1. The summed E-state index contributed by atoms with van der Waals surface area (Å²) in [6.45, 7) is 4.13. The molecule has 3 aromatic rings. The van der Waals surface area contributed by atoms with Crippen LogP contribution in [0.25, 0.3) is 17.4 Å². The van der Waals surface area contributed by atoms with Crippen LogP contribution in [0, 0.1) is 12.8 Å². The van der Waals surface area contributed by atoms with Gasteiger partial charge >= 0.3 is 0 Å². The van der Waals surface area contributed by atoms with E-state index in [-0.39, 0.29) is 5.91 Å². The molecule has 3 N–H and O–H groups in total. The van der Waals surface area contributed by atoms with E-state index in [4.69, 9.17) is 21.8 Å². The number of thiophene rings is 1. The number of rotatable bonds is 5. The van der Waals surface area contributed by atoms with Gasteiger partial charge in [0.15, 0.2) is 0 Å². The van der Waals surface area contributed by atoms with E-state index >= 15 is 0 Å². The molecular weight excluding hydrogens is 432 g/mol. The molecule has 2 amide bonds. The lowest BCUT2D eigenvalue weighted by Gasteiger charge is -2.18. The first-order valence-electron chi connectivity index (χ1n) is 10.1. The van der Waals surface area contributed by atoms with Crippen molar-refractivity contribution in [3.63, 3.8) is 0 Å². The number of aryl methyl sites for hydroxylation is 1. The van der Waals surface area contributed by atoms with Crippen LogP contribution in [-0.2, 0) is 17.6 Å². The molecule has 7 heteroatoms. The van der Waals surface area contributed by atoms with Gasteiger partial charge in [0.05, 0.1) is 5.56 Å². The fourth-order valence-corrected chi connectivity index (χ4v) is 5.35. The Labute approximate surface area is 189 Å². The van der Waals surface area contributed by atoms with Gasteiger partial charge < -0.3 is 15.5 Å². The Morgan fingerprint density at radius 2 is 2.10 bits per heavy atom.